The molecule has 0 aliphatic heterocycles. The molecule has 1 N–H and O–H groups in total. The molecule has 1 aromatic carbocycles. The van der Waals surface area contributed by atoms with Gasteiger partial charge in [-0.15, -0.1) is 11.3 Å². The second kappa shape index (κ2) is 8.09. The van der Waals surface area contributed by atoms with Crippen LogP contribution in [0.15, 0.2) is 54.0 Å². The monoisotopic (exact) mass is 354 g/mol. The Balaban J connectivity index is 1.86. The molecule has 3 aromatic rings. The first kappa shape index (κ1) is 17.4. The normalized spacial score (nSPS) is 11.0. The fourth-order valence-corrected chi connectivity index (χ4v) is 3.24. The van der Waals surface area contributed by atoms with Gasteiger partial charge in [-0.05, 0) is 25.5 Å². The van der Waals surface area contributed by atoms with Crippen LogP contribution in [0.2, 0.25) is 0 Å². The fourth-order valence-electron chi connectivity index (χ4n) is 2.59. The van der Waals surface area contributed by atoms with Gasteiger partial charge in [0.05, 0.1) is 30.5 Å². The van der Waals surface area contributed by atoms with Gasteiger partial charge in [-0.2, -0.15) is 5.10 Å². The molecular weight excluding hydrogens is 332 g/mol. The molecule has 2 aromatic heterocycles. The van der Waals surface area contributed by atoms with E-state index >= 15 is 0 Å². The SMILES string of the molecule is CN(C)CCn1ncc(C(=O)NCc2cccs2)c1-c1ccccc1. The van der Waals surface area contributed by atoms with Crippen LogP contribution in [0, 0.1) is 0 Å². The van der Waals surface area contributed by atoms with E-state index in [0.29, 0.717) is 12.1 Å². The highest BCUT2D eigenvalue weighted by atomic mass is 32.1. The first-order chi connectivity index (χ1) is 12.1. The van der Waals surface area contributed by atoms with Gasteiger partial charge in [0.25, 0.3) is 5.91 Å². The molecule has 5 nitrogen and oxygen atoms in total. The predicted molar refractivity (Wildman–Crippen MR) is 102 cm³/mol. The Morgan fingerprint density at radius 2 is 2.00 bits per heavy atom. The zero-order chi connectivity index (χ0) is 17.6. The molecule has 3 rings (SSSR count). The molecule has 0 unspecified atom stereocenters. The van der Waals surface area contributed by atoms with Crippen LogP contribution in [-0.2, 0) is 13.1 Å². The molecule has 0 bridgehead atoms. The second-order valence-corrected chi connectivity index (χ2v) is 7.09. The first-order valence-electron chi connectivity index (χ1n) is 8.21. The third kappa shape index (κ3) is 4.35. The summed E-state index contributed by atoms with van der Waals surface area (Å²) in [6, 6.07) is 14.0. The molecule has 0 fully saturated rings. The molecule has 25 heavy (non-hydrogen) atoms. The minimum absolute atomic E-state index is 0.0941. The van der Waals surface area contributed by atoms with E-state index in [0.717, 1.165) is 29.2 Å². The number of likely N-dealkylation sites (N-methyl/N-ethyl adjacent to an activating group) is 1. The summed E-state index contributed by atoms with van der Waals surface area (Å²) in [6.07, 6.45) is 1.67. The van der Waals surface area contributed by atoms with E-state index in [4.69, 9.17) is 0 Å². The standard InChI is InChI=1S/C19H22N4OS/c1-22(2)10-11-23-18(15-7-4-3-5-8-15)17(14-21-23)19(24)20-13-16-9-6-12-25-16/h3-9,12,14H,10-11,13H2,1-2H3,(H,20,24). The smallest absolute Gasteiger partial charge is 0.255 e. The molecule has 0 aliphatic carbocycles. The third-order valence-corrected chi connectivity index (χ3v) is 4.77. The van der Waals surface area contributed by atoms with Gasteiger partial charge in [-0.3, -0.25) is 9.48 Å². The summed E-state index contributed by atoms with van der Waals surface area (Å²) >= 11 is 1.64. The molecule has 0 saturated heterocycles. The lowest BCUT2D eigenvalue weighted by molar-refractivity contribution is 0.0952. The molecule has 0 radical (unpaired) electrons. The Morgan fingerprint density at radius 3 is 2.68 bits per heavy atom. The summed E-state index contributed by atoms with van der Waals surface area (Å²) < 4.78 is 1.91. The van der Waals surface area contributed by atoms with Gasteiger partial charge in [0.1, 0.15) is 0 Å². The van der Waals surface area contributed by atoms with E-state index in [1.807, 2.05) is 66.6 Å². The predicted octanol–water partition coefficient (Wildman–Crippen LogP) is 3.10. The summed E-state index contributed by atoms with van der Waals surface area (Å²) in [6.45, 7) is 2.13. The molecule has 0 saturated carbocycles. The Labute approximate surface area is 151 Å². The highest BCUT2D eigenvalue weighted by Gasteiger charge is 2.19. The van der Waals surface area contributed by atoms with Crippen molar-refractivity contribution in [2.75, 3.05) is 20.6 Å². The summed E-state index contributed by atoms with van der Waals surface area (Å²) in [5.74, 6) is -0.0941. The number of hydrogen-bond acceptors (Lipinski definition) is 4. The number of aromatic nitrogens is 2. The van der Waals surface area contributed by atoms with Crippen LogP contribution in [0.5, 0.6) is 0 Å². The number of carbonyl (C=O) groups is 1. The minimum Gasteiger partial charge on any atom is -0.347 e. The number of amides is 1. The number of nitrogens with one attached hydrogen (secondary N) is 1. The summed E-state index contributed by atoms with van der Waals surface area (Å²) in [5.41, 5.74) is 2.48. The van der Waals surface area contributed by atoms with Gasteiger partial charge in [-0.25, -0.2) is 0 Å². The topological polar surface area (TPSA) is 50.2 Å². The van der Waals surface area contributed by atoms with Crippen molar-refractivity contribution in [1.29, 1.82) is 0 Å². The molecule has 0 spiro atoms. The lowest BCUT2D eigenvalue weighted by Crippen LogP contribution is -2.23. The van der Waals surface area contributed by atoms with Crippen molar-refractivity contribution >= 4 is 17.2 Å². The van der Waals surface area contributed by atoms with Gasteiger partial charge in [0, 0.05) is 17.0 Å². The van der Waals surface area contributed by atoms with Crippen LogP contribution in [-0.4, -0.2) is 41.2 Å². The number of thiophene rings is 1. The maximum atomic E-state index is 12.7. The van der Waals surface area contributed by atoms with E-state index in [-0.39, 0.29) is 5.91 Å². The lowest BCUT2D eigenvalue weighted by Gasteiger charge is -2.13. The Hall–Kier alpha value is -2.44. The van der Waals surface area contributed by atoms with Gasteiger partial charge < -0.3 is 10.2 Å². The maximum Gasteiger partial charge on any atom is 0.255 e. The van der Waals surface area contributed by atoms with Crippen molar-refractivity contribution in [2.24, 2.45) is 0 Å². The van der Waals surface area contributed by atoms with Gasteiger partial charge in [-0.1, -0.05) is 36.4 Å². The quantitative estimate of drug-likeness (QED) is 0.709. The van der Waals surface area contributed by atoms with E-state index in [2.05, 4.69) is 15.3 Å². The zero-order valence-corrected chi connectivity index (χ0v) is 15.3. The Kier molecular flexibility index (Phi) is 5.63. The van der Waals surface area contributed by atoms with Crippen molar-refractivity contribution in [3.05, 3.63) is 64.5 Å². The van der Waals surface area contributed by atoms with Crippen LogP contribution in [0.4, 0.5) is 0 Å². The van der Waals surface area contributed by atoms with E-state index in [1.54, 1.807) is 17.5 Å². The minimum atomic E-state index is -0.0941. The lowest BCUT2D eigenvalue weighted by atomic mass is 10.1. The van der Waals surface area contributed by atoms with Crippen LogP contribution in [0.1, 0.15) is 15.2 Å². The van der Waals surface area contributed by atoms with Crippen LogP contribution in [0.3, 0.4) is 0 Å². The van der Waals surface area contributed by atoms with Gasteiger partial charge in [0.15, 0.2) is 0 Å². The van der Waals surface area contributed by atoms with E-state index < -0.39 is 0 Å². The molecular formula is C19H22N4OS. The number of benzene rings is 1. The highest BCUT2D eigenvalue weighted by molar-refractivity contribution is 7.09. The van der Waals surface area contributed by atoms with Crippen LogP contribution < -0.4 is 5.32 Å². The fraction of sp³-hybridized carbons (Fsp3) is 0.263. The average molecular weight is 354 g/mol. The number of hydrogen-bond donors (Lipinski definition) is 1. The molecule has 130 valence electrons. The first-order valence-corrected chi connectivity index (χ1v) is 9.09. The van der Waals surface area contributed by atoms with Gasteiger partial charge in [0.2, 0.25) is 0 Å². The second-order valence-electron chi connectivity index (χ2n) is 6.06. The molecule has 0 aliphatic rings. The average Bonchev–Trinajstić information content (AvgIpc) is 3.28. The van der Waals surface area contributed by atoms with Crippen molar-refractivity contribution in [3.63, 3.8) is 0 Å². The molecule has 6 heteroatoms. The Morgan fingerprint density at radius 1 is 1.20 bits per heavy atom. The number of carbonyl (C=O) groups excluding carboxylic acids is 1. The van der Waals surface area contributed by atoms with E-state index in [9.17, 15) is 4.79 Å². The van der Waals surface area contributed by atoms with Crippen molar-refractivity contribution < 1.29 is 4.79 Å². The molecule has 1 amide bonds. The van der Waals surface area contributed by atoms with Crippen LogP contribution >= 0.6 is 11.3 Å². The Bertz CT molecular complexity index is 809. The van der Waals surface area contributed by atoms with Crippen molar-refractivity contribution in [3.8, 4) is 11.3 Å². The summed E-state index contributed by atoms with van der Waals surface area (Å²) in [4.78, 5) is 16.0. The van der Waals surface area contributed by atoms with Crippen molar-refractivity contribution in [2.45, 2.75) is 13.1 Å². The number of nitrogens with zero attached hydrogens (tertiary/aromatic N) is 3. The maximum absolute atomic E-state index is 12.7. The van der Waals surface area contributed by atoms with Gasteiger partial charge >= 0.3 is 0 Å². The largest absolute Gasteiger partial charge is 0.347 e. The summed E-state index contributed by atoms with van der Waals surface area (Å²) in [7, 11) is 4.06. The van der Waals surface area contributed by atoms with Crippen LogP contribution in [0.25, 0.3) is 11.3 Å². The van der Waals surface area contributed by atoms with E-state index in [1.165, 1.54) is 0 Å². The van der Waals surface area contributed by atoms with Crippen molar-refractivity contribution in [1.82, 2.24) is 20.0 Å². The zero-order valence-electron chi connectivity index (χ0n) is 14.5. The third-order valence-electron chi connectivity index (χ3n) is 3.89. The molecule has 2 heterocycles. The highest BCUT2D eigenvalue weighted by Crippen LogP contribution is 2.24. The summed E-state index contributed by atoms with van der Waals surface area (Å²) in [5, 5.41) is 9.47. The molecule has 0 atom stereocenters. The number of rotatable bonds is 7.